The van der Waals surface area contributed by atoms with Gasteiger partial charge in [-0.25, -0.2) is 4.79 Å². The zero-order chi connectivity index (χ0) is 25.2. The molecular formula is C29H36N2O4. The van der Waals surface area contributed by atoms with Gasteiger partial charge in [0.25, 0.3) is 5.91 Å². The van der Waals surface area contributed by atoms with Gasteiger partial charge in [0.15, 0.2) is 6.10 Å². The Morgan fingerprint density at radius 1 is 1.09 bits per heavy atom. The fraction of sp³-hybridized carbons (Fsp3) is 0.448. The van der Waals surface area contributed by atoms with Crippen LogP contribution < -0.4 is 0 Å². The highest BCUT2D eigenvalue weighted by Gasteiger charge is 2.46. The average Bonchev–Trinajstić information content (AvgIpc) is 3.50. The number of hydrogen-bond acceptors (Lipinski definition) is 4. The third kappa shape index (κ3) is 5.76. The predicted octanol–water partition coefficient (Wildman–Crippen LogP) is 6.12. The summed E-state index contributed by atoms with van der Waals surface area (Å²) < 4.78 is 12.9. The Morgan fingerprint density at radius 3 is 2.46 bits per heavy atom. The second kappa shape index (κ2) is 10.2. The van der Waals surface area contributed by atoms with Crippen LogP contribution in [0.1, 0.15) is 64.6 Å². The van der Waals surface area contributed by atoms with Gasteiger partial charge in [-0.2, -0.15) is 0 Å². The third-order valence-corrected chi connectivity index (χ3v) is 6.44. The molecule has 6 nitrogen and oxygen atoms in total. The molecule has 6 heteroatoms. The lowest BCUT2D eigenvalue weighted by atomic mass is 10.0. The molecule has 0 unspecified atom stereocenters. The van der Waals surface area contributed by atoms with E-state index in [0.29, 0.717) is 13.0 Å². The quantitative estimate of drug-likeness (QED) is 0.367. The van der Waals surface area contributed by atoms with E-state index < -0.39 is 11.7 Å². The van der Waals surface area contributed by atoms with Crippen LogP contribution in [0.3, 0.4) is 0 Å². The maximum absolute atomic E-state index is 13.5. The first kappa shape index (κ1) is 25.0. The van der Waals surface area contributed by atoms with Crippen molar-refractivity contribution in [3.63, 3.8) is 0 Å². The number of ether oxygens (including phenoxy) is 2. The molecule has 0 aliphatic carbocycles. The Morgan fingerprint density at radius 2 is 1.77 bits per heavy atom. The van der Waals surface area contributed by atoms with Crippen LogP contribution in [-0.2, 0) is 20.7 Å². The van der Waals surface area contributed by atoms with Gasteiger partial charge in [-0.3, -0.25) is 9.36 Å². The Kier molecular flexibility index (Phi) is 7.31. The van der Waals surface area contributed by atoms with Crippen LogP contribution in [-0.4, -0.2) is 45.8 Å². The van der Waals surface area contributed by atoms with Crippen molar-refractivity contribution in [2.24, 2.45) is 0 Å². The number of para-hydroxylation sites is 1. The average molecular weight is 477 g/mol. The maximum atomic E-state index is 13.5. The van der Waals surface area contributed by atoms with Crippen LogP contribution in [0.25, 0.3) is 10.9 Å². The molecule has 186 valence electrons. The molecule has 0 N–H and O–H groups in total. The van der Waals surface area contributed by atoms with Gasteiger partial charge in [-0.15, -0.1) is 0 Å². The van der Waals surface area contributed by atoms with Gasteiger partial charge in [0.05, 0.1) is 17.7 Å². The van der Waals surface area contributed by atoms with Crippen molar-refractivity contribution >= 4 is 22.9 Å². The van der Waals surface area contributed by atoms with E-state index in [1.807, 2.05) is 74.3 Å². The van der Waals surface area contributed by atoms with E-state index in [1.165, 1.54) is 0 Å². The lowest BCUT2D eigenvalue weighted by molar-refractivity contribution is -0.134. The van der Waals surface area contributed by atoms with Crippen molar-refractivity contribution in [2.45, 2.75) is 77.7 Å². The summed E-state index contributed by atoms with van der Waals surface area (Å²) >= 11 is 0. The molecular weight excluding hydrogens is 440 g/mol. The predicted molar refractivity (Wildman–Crippen MR) is 137 cm³/mol. The number of hydrogen-bond donors (Lipinski definition) is 0. The fourth-order valence-corrected chi connectivity index (χ4v) is 4.59. The minimum Gasteiger partial charge on any atom is -0.443 e. The van der Waals surface area contributed by atoms with Crippen molar-refractivity contribution in [3.05, 3.63) is 71.9 Å². The fourth-order valence-electron chi connectivity index (χ4n) is 4.59. The van der Waals surface area contributed by atoms with E-state index in [9.17, 15) is 9.59 Å². The number of epoxide rings is 1. The molecule has 3 atom stereocenters. The Bertz CT molecular complexity index is 1180. The first-order chi connectivity index (χ1) is 16.7. The number of amides is 1. The van der Waals surface area contributed by atoms with Gasteiger partial charge >= 0.3 is 6.09 Å². The number of carbonyl (C=O) groups excluding carboxylic acids is 2. The van der Waals surface area contributed by atoms with Crippen LogP contribution in [0.4, 0.5) is 4.79 Å². The topological polar surface area (TPSA) is 64.1 Å². The lowest BCUT2D eigenvalue weighted by Gasteiger charge is -2.29. The molecule has 2 heterocycles. The Labute approximate surface area is 207 Å². The highest BCUT2D eigenvalue weighted by molar-refractivity contribution is 5.92. The van der Waals surface area contributed by atoms with Crippen molar-refractivity contribution < 1.29 is 19.1 Å². The molecule has 35 heavy (non-hydrogen) atoms. The van der Waals surface area contributed by atoms with E-state index in [-0.39, 0.29) is 24.2 Å². The molecule has 0 spiro atoms. The minimum absolute atomic E-state index is 0.0204. The molecule has 1 saturated heterocycles. The summed E-state index contributed by atoms with van der Waals surface area (Å²) in [5.74, 6) is 0.0377. The summed E-state index contributed by atoms with van der Waals surface area (Å²) in [6.07, 6.45) is 3.61. The molecule has 1 amide bonds. The van der Waals surface area contributed by atoms with Crippen LogP contribution in [0.5, 0.6) is 0 Å². The molecule has 4 rings (SSSR count). The Hall–Kier alpha value is -3.12. The SMILES string of the molecule is CCC[C@@H]1O[C@H]1C(=O)N(CCc1cn(C(=O)OC(C)(C)C)c2ccccc12)[C@@H](C)c1ccccc1. The normalized spacial score (nSPS) is 18.3. The van der Waals surface area contributed by atoms with Crippen LogP contribution in [0.15, 0.2) is 60.8 Å². The lowest BCUT2D eigenvalue weighted by Crippen LogP contribution is -2.38. The zero-order valence-corrected chi connectivity index (χ0v) is 21.4. The third-order valence-electron chi connectivity index (χ3n) is 6.44. The molecule has 1 aliphatic rings. The summed E-state index contributed by atoms with van der Waals surface area (Å²) in [7, 11) is 0. The van der Waals surface area contributed by atoms with E-state index in [0.717, 1.165) is 34.9 Å². The van der Waals surface area contributed by atoms with Crippen LogP contribution >= 0.6 is 0 Å². The number of carbonyl (C=O) groups is 2. The second-order valence-electron chi connectivity index (χ2n) is 10.3. The Balaban J connectivity index is 1.59. The number of fused-ring (bicyclic) bond motifs is 1. The summed E-state index contributed by atoms with van der Waals surface area (Å²) in [5, 5.41) is 0.990. The van der Waals surface area contributed by atoms with Crippen LogP contribution in [0.2, 0.25) is 0 Å². The highest BCUT2D eigenvalue weighted by Crippen LogP contribution is 2.32. The van der Waals surface area contributed by atoms with Gasteiger partial charge in [-0.1, -0.05) is 61.9 Å². The summed E-state index contributed by atoms with van der Waals surface area (Å²) in [5.41, 5.74) is 2.31. The van der Waals surface area contributed by atoms with Crippen LogP contribution in [0, 0.1) is 0 Å². The molecule has 0 radical (unpaired) electrons. The highest BCUT2D eigenvalue weighted by atomic mass is 16.6. The van der Waals surface area contributed by atoms with Crippen molar-refractivity contribution in [1.29, 1.82) is 0 Å². The van der Waals surface area contributed by atoms with E-state index in [4.69, 9.17) is 9.47 Å². The van der Waals surface area contributed by atoms with Gasteiger partial charge in [-0.05, 0) is 57.7 Å². The monoisotopic (exact) mass is 476 g/mol. The molecule has 1 fully saturated rings. The minimum atomic E-state index is -0.587. The van der Waals surface area contributed by atoms with Crippen molar-refractivity contribution in [3.8, 4) is 0 Å². The molecule has 1 aromatic heterocycles. The molecule has 0 bridgehead atoms. The molecule has 2 aromatic carbocycles. The van der Waals surface area contributed by atoms with Gasteiger partial charge in [0.1, 0.15) is 5.60 Å². The first-order valence-electron chi connectivity index (χ1n) is 12.5. The number of aromatic nitrogens is 1. The number of rotatable bonds is 8. The van der Waals surface area contributed by atoms with E-state index >= 15 is 0 Å². The van der Waals surface area contributed by atoms with Gasteiger partial charge in [0, 0.05) is 18.1 Å². The largest absolute Gasteiger partial charge is 0.443 e. The standard InChI is InChI=1S/C29H36N2O4/c1-6-12-25-26(34-25)27(32)30(20(2)21-13-8-7-9-14-21)18-17-22-19-31(28(33)35-29(3,4)5)24-16-11-10-15-23(22)24/h7-11,13-16,19-20,25-26H,6,12,17-18H2,1-5H3/t20-,25-,26+/m0/s1. The smallest absolute Gasteiger partial charge is 0.419 e. The second-order valence-corrected chi connectivity index (χ2v) is 10.3. The van der Waals surface area contributed by atoms with Gasteiger partial charge < -0.3 is 14.4 Å². The maximum Gasteiger partial charge on any atom is 0.419 e. The first-order valence-corrected chi connectivity index (χ1v) is 12.5. The van der Waals surface area contributed by atoms with E-state index in [1.54, 1.807) is 4.57 Å². The van der Waals surface area contributed by atoms with Crippen molar-refractivity contribution in [1.82, 2.24) is 9.47 Å². The number of benzene rings is 2. The van der Waals surface area contributed by atoms with E-state index in [2.05, 4.69) is 26.0 Å². The molecule has 1 aliphatic heterocycles. The number of nitrogens with zero attached hydrogens (tertiary/aromatic N) is 2. The summed E-state index contributed by atoms with van der Waals surface area (Å²) in [6, 6.07) is 17.8. The summed E-state index contributed by atoms with van der Waals surface area (Å²) in [4.78, 5) is 28.3. The summed E-state index contributed by atoms with van der Waals surface area (Å²) in [6.45, 7) is 10.3. The molecule has 3 aromatic rings. The molecule has 0 saturated carbocycles. The zero-order valence-electron chi connectivity index (χ0n) is 21.4. The van der Waals surface area contributed by atoms with Crippen molar-refractivity contribution in [2.75, 3.05) is 6.54 Å². The van der Waals surface area contributed by atoms with Gasteiger partial charge in [0.2, 0.25) is 0 Å².